The van der Waals surface area contributed by atoms with E-state index in [9.17, 15) is 0 Å². The number of rotatable bonds is 2. The highest BCUT2D eigenvalue weighted by molar-refractivity contribution is 6.34. The number of nitrogens with two attached hydrogens (primary N) is 1. The second kappa shape index (κ2) is 5.41. The van der Waals surface area contributed by atoms with Gasteiger partial charge in [-0.3, -0.25) is 5.41 Å². The monoisotopic (exact) mass is 299 g/mol. The van der Waals surface area contributed by atoms with Gasteiger partial charge in [0, 0.05) is 12.2 Å². The van der Waals surface area contributed by atoms with Crippen molar-refractivity contribution >= 4 is 28.8 Å². The zero-order valence-corrected chi connectivity index (χ0v) is 12.7. The van der Waals surface area contributed by atoms with E-state index in [0.717, 1.165) is 18.7 Å². The Bertz CT molecular complexity index is 696. The van der Waals surface area contributed by atoms with E-state index in [1.165, 1.54) is 11.3 Å². The summed E-state index contributed by atoms with van der Waals surface area (Å²) in [5.41, 5.74) is 9.78. The lowest BCUT2D eigenvalue weighted by molar-refractivity contribution is 0.562. The minimum absolute atomic E-state index is 0.00584. The Hall–Kier alpha value is -2.00. The van der Waals surface area contributed by atoms with Crippen LogP contribution in [0.3, 0.4) is 0 Å². The van der Waals surface area contributed by atoms with Crippen LogP contribution in [0.2, 0.25) is 5.02 Å². The summed E-state index contributed by atoms with van der Waals surface area (Å²) in [7, 11) is 0. The first-order valence-corrected chi connectivity index (χ1v) is 7.44. The summed E-state index contributed by atoms with van der Waals surface area (Å²) in [5.74, 6) is 0.546. The molecule has 4 heteroatoms. The fourth-order valence-electron chi connectivity index (χ4n) is 3.03. The van der Waals surface area contributed by atoms with Crippen molar-refractivity contribution in [1.82, 2.24) is 0 Å². The molecule has 0 spiro atoms. The van der Waals surface area contributed by atoms with E-state index in [2.05, 4.69) is 30.0 Å². The fraction of sp³-hybridized carbons (Fsp3) is 0.235. The molecular formula is C17H18ClN3. The lowest BCUT2D eigenvalue weighted by atomic mass is 9.93. The maximum Gasteiger partial charge on any atom is 0.126 e. The quantitative estimate of drug-likeness (QED) is 0.651. The summed E-state index contributed by atoms with van der Waals surface area (Å²) >= 11 is 6.26. The Labute approximate surface area is 129 Å². The number of hydrogen-bond donors (Lipinski definition) is 2. The van der Waals surface area contributed by atoms with Gasteiger partial charge in [0.1, 0.15) is 5.84 Å². The number of nitrogen functional groups attached to an aromatic ring is 1. The van der Waals surface area contributed by atoms with Crippen molar-refractivity contribution in [1.29, 1.82) is 5.41 Å². The van der Waals surface area contributed by atoms with Crippen LogP contribution >= 0.6 is 11.6 Å². The molecular weight excluding hydrogens is 282 g/mol. The van der Waals surface area contributed by atoms with E-state index in [4.69, 9.17) is 22.7 Å². The van der Waals surface area contributed by atoms with E-state index in [-0.39, 0.29) is 5.84 Å². The molecule has 1 aliphatic heterocycles. The van der Waals surface area contributed by atoms with Crippen molar-refractivity contribution in [2.45, 2.75) is 13.3 Å². The third-order valence-electron chi connectivity index (χ3n) is 3.90. The summed E-state index contributed by atoms with van der Waals surface area (Å²) < 4.78 is 0. The normalized spacial score (nSPS) is 17.4. The van der Waals surface area contributed by atoms with Crippen LogP contribution in [-0.4, -0.2) is 12.4 Å². The van der Waals surface area contributed by atoms with Gasteiger partial charge in [0.15, 0.2) is 0 Å². The summed E-state index contributed by atoms with van der Waals surface area (Å²) in [5, 5.41) is 8.36. The van der Waals surface area contributed by atoms with E-state index in [0.29, 0.717) is 16.5 Å². The number of nitrogens with one attached hydrogen (secondary N) is 1. The lowest BCUT2D eigenvalue weighted by Gasteiger charge is -2.36. The summed E-state index contributed by atoms with van der Waals surface area (Å²) in [4.78, 5) is 2.23. The van der Waals surface area contributed by atoms with Gasteiger partial charge in [-0.1, -0.05) is 42.8 Å². The summed E-state index contributed by atoms with van der Waals surface area (Å²) in [6.07, 6.45) is 1.07. The van der Waals surface area contributed by atoms with Crippen molar-refractivity contribution in [2.24, 2.45) is 11.7 Å². The van der Waals surface area contributed by atoms with Crippen LogP contribution in [0.15, 0.2) is 42.5 Å². The molecule has 3 N–H and O–H groups in total. The van der Waals surface area contributed by atoms with Crippen LogP contribution in [0, 0.1) is 11.3 Å². The highest BCUT2D eigenvalue weighted by Gasteiger charge is 2.25. The smallest absolute Gasteiger partial charge is 0.126 e. The number of amidine groups is 1. The van der Waals surface area contributed by atoms with E-state index in [1.54, 1.807) is 6.07 Å². The zero-order valence-electron chi connectivity index (χ0n) is 11.9. The maximum atomic E-state index is 7.84. The van der Waals surface area contributed by atoms with Gasteiger partial charge in [-0.05, 0) is 36.1 Å². The third kappa shape index (κ3) is 2.49. The summed E-state index contributed by atoms with van der Waals surface area (Å²) in [6.45, 7) is 3.14. The van der Waals surface area contributed by atoms with Crippen molar-refractivity contribution < 1.29 is 0 Å². The molecule has 0 saturated carbocycles. The zero-order chi connectivity index (χ0) is 15.0. The van der Waals surface area contributed by atoms with Crippen LogP contribution in [0.25, 0.3) is 0 Å². The molecule has 1 heterocycles. The molecule has 0 fully saturated rings. The van der Waals surface area contributed by atoms with Crippen LogP contribution < -0.4 is 10.6 Å². The van der Waals surface area contributed by atoms with Crippen LogP contribution in [0.5, 0.6) is 0 Å². The predicted octanol–water partition coefficient (Wildman–Crippen LogP) is 3.95. The molecule has 3 rings (SSSR count). The molecule has 3 nitrogen and oxygen atoms in total. The average Bonchev–Trinajstić information content (AvgIpc) is 2.45. The van der Waals surface area contributed by atoms with Gasteiger partial charge < -0.3 is 10.6 Å². The van der Waals surface area contributed by atoms with Crippen molar-refractivity contribution in [3.63, 3.8) is 0 Å². The highest BCUT2D eigenvalue weighted by Crippen LogP contribution is 2.38. The number of nitrogens with zero attached hydrogens (tertiary/aromatic N) is 1. The average molecular weight is 300 g/mol. The SMILES string of the molecule is CC1Cc2ccccc2N(c2cccc(Cl)c2C(=N)N)C1. The minimum atomic E-state index is 0.00584. The molecule has 0 amide bonds. The molecule has 0 radical (unpaired) electrons. The van der Waals surface area contributed by atoms with Gasteiger partial charge in [0.25, 0.3) is 0 Å². The molecule has 1 unspecified atom stereocenters. The number of para-hydroxylation sites is 1. The van der Waals surface area contributed by atoms with Crippen LogP contribution in [0.1, 0.15) is 18.1 Å². The van der Waals surface area contributed by atoms with Gasteiger partial charge in [-0.2, -0.15) is 0 Å². The fourth-order valence-corrected chi connectivity index (χ4v) is 3.30. The number of hydrogen-bond acceptors (Lipinski definition) is 2. The van der Waals surface area contributed by atoms with Gasteiger partial charge >= 0.3 is 0 Å². The largest absolute Gasteiger partial charge is 0.384 e. The Morgan fingerprint density at radius 3 is 2.67 bits per heavy atom. The number of fused-ring (bicyclic) bond motifs is 1. The Balaban J connectivity index is 2.18. The number of halogens is 1. The third-order valence-corrected chi connectivity index (χ3v) is 4.21. The van der Waals surface area contributed by atoms with Crippen LogP contribution in [-0.2, 0) is 6.42 Å². The molecule has 0 saturated heterocycles. The van der Waals surface area contributed by atoms with E-state index >= 15 is 0 Å². The number of anilines is 2. The van der Waals surface area contributed by atoms with Gasteiger partial charge in [0.2, 0.25) is 0 Å². The maximum absolute atomic E-state index is 7.84. The van der Waals surface area contributed by atoms with Gasteiger partial charge in [0.05, 0.1) is 16.3 Å². The second-order valence-corrected chi connectivity index (χ2v) is 6.00. The standard InChI is InChI=1S/C17H18ClN3/c1-11-9-12-5-2-3-7-14(12)21(10-11)15-8-4-6-13(18)16(15)17(19)20/h2-8,11H,9-10H2,1H3,(H3,19,20). The molecule has 108 valence electrons. The molecule has 1 atom stereocenters. The van der Waals surface area contributed by atoms with Crippen molar-refractivity contribution in [2.75, 3.05) is 11.4 Å². The Morgan fingerprint density at radius 2 is 1.90 bits per heavy atom. The van der Waals surface area contributed by atoms with Crippen molar-refractivity contribution in [3.05, 3.63) is 58.6 Å². The Kier molecular flexibility index (Phi) is 3.60. The number of benzene rings is 2. The first-order valence-electron chi connectivity index (χ1n) is 7.06. The topological polar surface area (TPSA) is 53.1 Å². The molecule has 21 heavy (non-hydrogen) atoms. The Morgan fingerprint density at radius 1 is 1.19 bits per heavy atom. The van der Waals surface area contributed by atoms with E-state index < -0.39 is 0 Å². The molecule has 0 bridgehead atoms. The minimum Gasteiger partial charge on any atom is -0.384 e. The molecule has 1 aliphatic rings. The second-order valence-electron chi connectivity index (χ2n) is 5.60. The van der Waals surface area contributed by atoms with Crippen LogP contribution in [0.4, 0.5) is 11.4 Å². The summed E-state index contributed by atoms with van der Waals surface area (Å²) in [6, 6.07) is 14.1. The van der Waals surface area contributed by atoms with Crippen molar-refractivity contribution in [3.8, 4) is 0 Å². The predicted molar refractivity (Wildman–Crippen MR) is 88.8 cm³/mol. The van der Waals surface area contributed by atoms with E-state index in [1.807, 2.05) is 18.2 Å². The van der Waals surface area contributed by atoms with Gasteiger partial charge in [-0.15, -0.1) is 0 Å². The molecule has 0 aliphatic carbocycles. The highest BCUT2D eigenvalue weighted by atomic mass is 35.5. The molecule has 2 aromatic rings. The first kappa shape index (κ1) is 14.0. The first-order chi connectivity index (χ1) is 10.1. The van der Waals surface area contributed by atoms with Gasteiger partial charge in [-0.25, -0.2) is 0 Å². The molecule has 2 aromatic carbocycles. The lowest BCUT2D eigenvalue weighted by Crippen LogP contribution is -2.32. The molecule has 0 aromatic heterocycles.